The molecule has 1 amide bonds. The van der Waals surface area contributed by atoms with E-state index in [9.17, 15) is 4.79 Å². The van der Waals surface area contributed by atoms with Gasteiger partial charge in [-0.2, -0.15) is 0 Å². The van der Waals surface area contributed by atoms with Crippen LogP contribution in [-0.2, 0) is 5.41 Å². The number of nitrogens with one attached hydrogen (secondary N) is 1. The van der Waals surface area contributed by atoms with E-state index in [1.54, 1.807) is 0 Å². The smallest absolute Gasteiger partial charge is 0.253 e. The molecular formula is C15H22ClN2O-. The van der Waals surface area contributed by atoms with Crippen LogP contribution in [0.15, 0.2) is 24.3 Å². The van der Waals surface area contributed by atoms with Crippen LogP contribution in [0.1, 0.15) is 36.7 Å². The molecule has 1 aliphatic rings. The maximum Gasteiger partial charge on any atom is 0.253 e. The Hall–Kier alpha value is -1.06. The molecule has 1 fully saturated rings. The lowest BCUT2D eigenvalue weighted by Crippen LogP contribution is -3.00. The quantitative estimate of drug-likeness (QED) is 0.719. The van der Waals surface area contributed by atoms with E-state index in [4.69, 9.17) is 0 Å². The van der Waals surface area contributed by atoms with E-state index in [0.29, 0.717) is 0 Å². The SMILES string of the molecule is CC(C)(C)c1ccc(C(=O)N2CCNCC2)cc1.[Cl-]. The lowest BCUT2D eigenvalue weighted by Gasteiger charge is -2.27. The lowest BCUT2D eigenvalue weighted by molar-refractivity contribution is -0.0000139. The summed E-state index contributed by atoms with van der Waals surface area (Å²) < 4.78 is 0. The number of carbonyl (C=O) groups excluding carboxylic acids is 1. The molecule has 0 atom stereocenters. The number of hydrogen-bond acceptors (Lipinski definition) is 2. The highest BCUT2D eigenvalue weighted by Gasteiger charge is 2.19. The fraction of sp³-hybridized carbons (Fsp3) is 0.533. The minimum atomic E-state index is 0. The molecule has 1 N–H and O–H groups in total. The standard InChI is InChI=1S/C15H22N2O.ClH/c1-15(2,3)13-6-4-12(5-7-13)14(18)17-10-8-16-9-11-17;/h4-7,16H,8-11H2,1-3H3;1H/p-1. The monoisotopic (exact) mass is 281 g/mol. The summed E-state index contributed by atoms with van der Waals surface area (Å²) in [6.07, 6.45) is 0. The topological polar surface area (TPSA) is 32.3 Å². The summed E-state index contributed by atoms with van der Waals surface area (Å²) in [5.41, 5.74) is 2.20. The maximum absolute atomic E-state index is 12.3. The lowest BCUT2D eigenvalue weighted by atomic mass is 9.86. The summed E-state index contributed by atoms with van der Waals surface area (Å²) in [7, 11) is 0. The molecule has 0 spiro atoms. The normalized spacial score (nSPS) is 15.8. The van der Waals surface area contributed by atoms with E-state index >= 15 is 0 Å². The molecule has 3 nitrogen and oxygen atoms in total. The molecule has 1 heterocycles. The molecule has 1 aromatic carbocycles. The first-order valence-electron chi connectivity index (χ1n) is 6.59. The van der Waals surface area contributed by atoms with Gasteiger partial charge >= 0.3 is 0 Å². The Labute approximate surface area is 121 Å². The number of amides is 1. The van der Waals surface area contributed by atoms with Crippen molar-refractivity contribution in [2.75, 3.05) is 26.2 Å². The van der Waals surface area contributed by atoms with Gasteiger partial charge < -0.3 is 22.6 Å². The van der Waals surface area contributed by atoms with Crippen LogP contribution in [0.4, 0.5) is 0 Å². The fourth-order valence-electron chi connectivity index (χ4n) is 2.16. The number of nitrogens with zero attached hydrogens (tertiary/aromatic N) is 1. The highest BCUT2D eigenvalue weighted by molar-refractivity contribution is 5.94. The van der Waals surface area contributed by atoms with Gasteiger partial charge in [-0.25, -0.2) is 0 Å². The van der Waals surface area contributed by atoms with Gasteiger partial charge in [0.15, 0.2) is 0 Å². The van der Waals surface area contributed by atoms with Gasteiger partial charge in [0.2, 0.25) is 0 Å². The van der Waals surface area contributed by atoms with Crippen molar-refractivity contribution in [2.24, 2.45) is 0 Å². The fourth-order valence-corrected chi connectivity index (χ4v) is 2.16. The van der Waals surface area contributed by atoms with Crippen molar-refractivity contribution in [1.82, 2.24) is 10.2 Å². The van der Waals surface area contributed by atoms with Crippen LogP contribution >= 0.6 is 0 Å². The summed E-state index contributed by atoms with van der Waals surface area (Å²) >= 11 is 0. The zero-order valence-corrected chi connectivity index (χ0v) is 12.6. The van der Waals surface area contributed by atoms with Crippen molar-refractivity contribution in [3.05, 3.63) is 35.4 Å². The number of hydrogen-bond donors (Lipinski definition) is 1. The van der Waals surface area contributed by atoms with Crippen molar-refractivity contribution >= 4 is 5.91 Å². The molecule has 1 aliphatic heterocycles. The summed E-state index contributed by atoms with van der Waals surface area (Å²) in [6.45, 7) is 9.94. The Balaban J connectivity index is 0.00000180. The molecular weight excluding hydrogens is 260 g/mol. The van der Waals surface area contributed by atoms with Gasteiger partial charge in [0, 0.05) is 31.7 Å². The largest absolute Gasteiger partial charge is 1.00 e. The molecule has 2 rings (SSSR count). The number of benzene rings is 1. The summed E-state index contributed by atoms with van der Waals surface area (Å²) in [4.78, 5) is 14.2. The Kier molecular flexibility index (Phi) is 5.39. The molecule has 19 heavy (non-hydrogen) atoms. The zero-order chi connectivity index (χ0) is 13.2. The molecule has 0 unspecified atom stereocenters. The van der Waals surface area contributed by atoms with Crippen LogP contribution in [0.3, 0.4) is 0 Å². The van der Waals surface area contributed by atoms with Crippen LogP contribution in [-0.4, -0.2) is 37.0 Å². The Morgan fingerprint density at radius 1 is 1.11 bits per heavy atom. The van der Waals surface area contributed by atoms with E-state index in [1.165, 1.54) is 5.56 Å². The van der Waals surface area contributed by atoms with Gasteiger partial charge in [0.1, 0.15) is 0 Å². The van der Waals surface area contributed by atoms with Crippen molar-refractivity contribution in [2.45, 2.75) is 26.2 Å². The van der Waals surface area contributed by atoms with Crippen LogP contribution < -0.4 is 17.7 Å². The second-order valence-electron chi connectivity index (χ2n) is 5.87. The molecule has 0 aliphatic carbocycles. The maximum atomic E-state index is 12.3. The predicted octanol–water partition coefficient (Wildman–Crippen LogP) is -0.966. The second kappa shape index (κ2) is 6.40. The summed E-state index contributed by atoms with van der Waals surface area (Å²) in [6, 6.07) is 8.03. The van der Waals surface area contributed by atoms with Crippen molar-refractivity contribution in [3.63, 3.8) is 0 Å². The first-order valence-corrected chi connectivity index (χ1v) is 6.59. The van der Waals surface area contributed by atoms with Gasteiger partial charge in [0.25, 0.3) is 5.91 Å². The molecule has 106 valence electrons. The van der Waals surface area contributed by atoms with E-state index in [2.05, 4.69) is 38.2 Å². The van der Waals surface area contributed by atoms with Gasteiger partial charge in [-0.05, 0) is 23.1 Å². The van der Waals surface area contributed by atoms with Crippen molar-refractivity contribution in [3.8, 4) is 0 Å². The van der Waals surface area contributed by atoms with Crippen molar-refractivity contribution < 1.29 is 17.2 Å². The van der Waals surface area contributed by atoms with Crippen LogP contribution in [0.25, 0.3) is 0 Å². The van der Waals surface area contributed by atoms with Gasteiger partial charge in [-0.15, -0.1) is 0 Å². The third-order valence-corrected chi connectivity index (χ3v) is 3.40. The number of carbonyl (C=O) groups is 1. The van der Waals surface area contributed by atoms with Crippen molar-refractivity contribution in [1.29, 1.82) is 0 Å². The van der Waals surface area contributed by atoms with Crippen LogP contribution in [0, 0.1) is 0 Å². The average Bonchev–Trinajstić information content (AvgIpc) is 2.38. The predicted molar refractivity (Wildman–Crippen MR) is 73.9 cm³/mol. The molecule has 0 aromatic heterocycles. The molecule has 1 aromatic rings. The third kappa shape index (κ3) is 3.95. The van der Waals surface area contributed by atoms with Crippen LogP contribution in [0.5, 0.6) is 0 Å². The number of halogens is 1. The second-order valence-corrected chi connectivity index (χ2v) is 5.87. The Morgan fingerprint density at radius 3 is 2.11 bits per heavy atom. The number of piperazine rings is 1. The van der Waals surface area contributed by atoms with E-state index < -0.39 is 0 Å². The summed E-state index contributed by atoms with van der Waals surface area (Å²) in [5, 5.41) is 3.26. The first-order chi connectivity index (χ1) is 8.48. The third-order valence-electron chi connectivity index (χ3n) is 3.40. The van der Waals surface area contributed by atoms with Gasteiger partial charge in [-0.3, -0.25) is 4.79 Å². The molecule has 0 saturated carbocycles. The minimum Gasteiger partial charge on any atom is -1.00 e. The Morgan fingerprint density at radius 2 is 1.63 bits per heavy atom. The first kappa shape index (κ1) is 16.0. The van der Waals surface area contributed by atoms with E-state index in [-0.39, 0.29) is 23.7 Å². The van der Waals surface area contributed by atoms with Crippen LogP contribution in [0.2, 0.25) is 0 Å². The molecule has 1 saturated heterocycles. The molecule has 0 bridgehead atoms. The van der Waals surface area contributed by atoms with Gasteiger partial charge in [0.05, 0.1) is 0 Å². The highest BCUT2D eigenvalue weighted by atomic mass is 35.5. The zero-order valence-electron chi connectivity index (χ0n) is 11.9. The number of rotatable bonds is 1. The average molecular weight is 282 g/mol. The van der Waals surface area contributed by atoms with E-state index in [0.717, 1.165) is 31.7 Å². The highest BCUT2D eigenvalue weighted by Crippen LogP contribution is 2.22. The summed E-state index contributed by atoms with van der Waals surface area (Å²) in [5.74, 6) is 0.150. The van der Waals surface area contributed by atoms with Gasteiger partial charge in [-0.1, -0.05) is 32.9 Å². The molecule has 0 radical (unpaired) electrons. The van der Waals surface area contributed by atoms with E-state index in [1.807, 2.05) is 17.0 Å². The Bertz CT molecular complexity index is 417. The minimum absolute atomic E-state index is 0. The molecule has 4 heteroatoms.